The van der Waals surface area contributed by atoms with Crippen molar-refractivity contribution in [2.45, 2.75) is 20.8 Å². The van der Waals surface area contributed by atoms with Gasteiger partial charge in [-0.1, -0.05) is 0 Å². The molecule has 0 rings (SSSR count). The number of hydrogen-bond acceptors (Lipinski definition) is 3. The maximum atomic E-state index is 9.00. The summed E-state index contributed by atoms with van der Waals surface area (Å²) in [4.78, 5) is 27.0. The summed E-state index contributed by atoms with van der Waals surface area (Å²) in [5.41, 5.74) is 0. The quantitative estimate of drug-likeness (QED) is 0.590. The molecule has 13 heavy (non-hydrogen) atoms. The molecule has 0 atom stereocenters. The van der Waals surface area contributed by atoms with Gasteiger partial charge in [0.05, 0.1) is 0 Å². The molecule has 75 valence electrons. The van der Waals surface area contributed by atoms with Crippen LogP contribution in [0.4, 0.5) is 0 Å². The Labute approximate surface area is 109 Å². The van der Waals surface area contributed by atoms with Crippen LogP contribution in [0.1, 0.15) is 20.8 Å². The summed E-state index contributed by atoms with van der Waals surface area (Å²) >= 11 is 0. The van der Waals surface area contributed by atoms with Gasteiger partial charge in [0.15, 0.2) is 0 Å². The van der Waals surface area contributed by atoms with Crippen molar-refractivity contribution in [1.29, 1.82) is 0 Å². The zero-order valence-electron chi connectivity index (χ0n) is 7.64. The van der Waals surface area contributed by atoms with Gasteiger partial charge in [-0.25, -0.2) is 0 Å². The first-order valence-corrected chi connectivity index (χ1v) is 2.78. The van der Waals surface area contributed by atoms with Crippen LogP contribution < -0.4 is 0 Å². The third-order valence-corrected chi connectivity index (χ3v) is 0. The van der Waals surface area contributed by atoms with Crippen LogP contribution in [0.5, 0.6) is 0 Å². The van der Waals surface area contributed by atoms with Crippen molar-refractivity contribution in [3.8, 4) is 0 Å². The zero-order valence-corrected chi connectivity index (χ0v) is 11.3. The number of rotatable bonds is 0. The van der Waals surface area contributed by atoms with Gasteiger partial charge in [0.25, 0.3) is 17.9 Å². The fourth-order valence-electron chi connectivity index (χ4n) is 0. The molecule has 0 amide bonds. The van der Waals surface area contributed by atoms with Crippen molar-refractivity contribution in [3.05, 3.63) is 0 Å². The fraction of sp³-hybridized carbons (Fsp3) is 0.500. The van der Waals surface area contributed by atoms with Crippen LogP contribution in [0.2, 0.25) is 0 Å². The van der Waals surface area contributed by atoms with E-state index >= 15 is 0 Å². The Kier molecular flexibility index (Phi) is 31.4. The van der Waals surface area contributed by atoms with E-state index in [-0.39, 0.29) is 41.3 Å². The van der Waals surface area contributed by atoms with Gasteiger partial charge in [0.1, 0.15) is 0 Å². The van der Waals surface area contributed by atoms with Crippen molar-refractivity contribution in [1.82, 2.24) is 0 Å². The van der Waals surface area contributed by atoms with Crippen molar-refractivity contribution in [3.63, 3.8) is 0 Å². The molecule has 0 spiro atoms. The molecule has 1 radical (unpaired) electrons. The van der Waals surface area contributed by atoms with Gasteiger partial charge in [0, 0.05) is 62.1 Å². The topological polar surface area (TPSA) is 112 Å². The van der Waals surface area contributed by atoms with Crippen molar-refractivity contribution in [2.24, 2.45) is 0 Å². The van der Waals surface area contributed by atoms with Gasteiger partial charge >= 0.3 is 0 Å². The average molecular weight is 321 g/mol. The van der Waals surface area contributed by atoms with Gasteiger partial charge in [0.2, 0.25) is 0 Å². The van der Waals surface area contributed by atoms with E-state index in [9.17, 15) is 0 Å². The summed E-state index contributed by atoms with van der Waals surface area (Å²) in [7, 11) is 0. The van der Waals surface area contributed by atoms with Crippen molar-refractivity contribution < 1.29 is 71.0 Å². The van der Waals surface area contributed by atoms with E-state index in [1.54, 1.807) is 0 Å². The number of hydrogen-bond donors (Lipinski definition) is 3. The van der Waals surface area contributed by atoms with E-state index < -0.39 is 17.9 Å². The van der Waals surface area contributed by atoms with E-state index in [0.717, 1.165) is 20.8 Å². The first-order chi connectivity index (χ1) is 5.20. The molecule has 0 aromatic rings. The summed E-state index contributed by atoms with van der Waals surface area (Å²) in [6.45, 7) is 3.25. The number of carbonyl (C=O) groups is 3. The molecule has 0 aliphatic carbocycles. The Balaban J connectivity index is -0.0000000450. The van der Waals surface area contributed by atoms with Crippen LogP contribution in [-0.4, -0.2) is 33.2 Å². The van der Waals surface area contributed by atoms with Crippen molar-refractivity contribution in [2.75, 3.05) is 0 Å². The number of carboxylic acid groups (broad SMARTS) is 3. The van der Waals surface area contributed by atoms with Gasteiger partial charge in [-0.15, -0.1) is 0 Å². The Hall–Kier alpha value is -0.226. The maximum Gasteiger partial charge on any atom is 0.300 e. The smallest absolute Gasteiger partial charge is 0.300 e. The zero-order chi connectivity index (χ0) is 10.7. The maximum absolute atomic E-state index is 9.00. The second kappa shape index (κ2) is 17.8. The minimum absolute atomic E-state index is 0. The van der Waals surface area contributed by atoms with Gasteiger partial charge in [-0.2, -0.15) is 0 Å². The van der Waals surface area contributed by atoms with Crippen LogP contribution in [-0.2, 0) is 14.4 Å². The number of carboxylic acids is 3. The predicted octanol–water partition coefficient (Wildman–Crippen LogP) is 0.273. The normalized spacial score (nSPS) is 5.77. The van der Waals surface area contributed by atoms with Crippen molar-refractivity contribution >= 4 is 17.9 Å². The molecule has 0 fully saturated rings. The molecule has 0 saturated carbocycles. The largest absolute Gasteiger partial charge is 0.481 e. The van der Waals surface area contributed by atoms with E-state index in [1.807, 2.05) is 0 Å². The Bertz CT molecular complexity index is 115. The van der Waals surface area contributed by atoms with Crippen LogP contribution in [0.3, 0.4) is 0 Å². The predicted molar refractivity (Wildman–Crippen MR) is 39.9 cm³/mol. The molecule has 0 aliphatic rings. The van der Waals surface area contributed by atoms with Crippen LogP contribution >= 0.6 is 0 Å². The molecular formula is C6H12O6Pr. The summed E-state index contributed by atoms with van der Waals surface area (Å²) in [5.74, 6) is -2.50. The monoisotopic (exact) mass is 321 g/mol. The third kappa shape index (κ3) is 21900. The Morgan fingerprint density at radius 1 is 0.692 bits per heavy atom. The Morgan fingerprint density at radius 3 is 0.692 bits per heavy atom. The first-order valence-electron chi connectivity index (χ1n) is 2.78. The van der Waals surface area contributed by atoms with Gasteiger partial charge in [-0.3, -0.25) is 14.4 Å². The van der Waals surface area contributed by atoms with E-state index in [4.69, 9.17) is 29.7 Å². The minimum Gasteiger partial charge on any atom is -0.481 e. The SMILES string of the molecule is CC(=O)O.CC(=O)O.CC(=O)O.[Pr]. The minimum atomic E-state index is -0.833. The molecule has 0 bridgehead atoms. The standard InChI is InChI=1S/3C2H4O2.Pr/c3*1-2(3)4;/h3*1H3,(H,3,4);. The molecule has 7 heteroatoms. The molecule has 0 unspecified atom stereocenters. The van der Waals surface area contributed by atoms with E-state index in [0.29, 0.717) is 0 Å². The van der Waals surface area contributed by atoms with Crippen LogP contribution in [0, 0.1) is 41.3 Å². The summed E-state index contributed by atoms with van der Waals surface area (Å²) < 4.78 is 0. The van der Waals surface area contributed by atoms with E-state index in [1.165, 1.54) is 0 Å². The molecule has 0 aromatic heterocycles. The molecule has 6 nitrogen and oxygen atoms in total. The van der Waals surface area contributed by atoms with Gasteiger partial charge in [-0.05, 0) is 0 Å². The first kappa shape index (κ1) is 23.0. The average Bonchev–Trinajstić information content (AvgIpc) is 1.54. The van der Waals surface area contributed by atoms with Gasteiger partial charge < -0.3 is 15.3 Å². The molecular weight excluding hydrogens is 309 g/mol. The Morgan fingerprint density at radius 2 is 0.692 bits per heavy atom. The molecule has 0 heterocycles. The van der Waals surface area contributed by atoms with Crippen LogP contribution in [0.15, 0.2) is 0 Å². The molecule has 0 saturated heterocycles. The molecule has 3 N–H and O–H groups in total. The number of aliphatic carboxylic acids is 3. The molecule has 0 aliphatic heterocycles. The van der Waals surface area contributed by atoms with E-state index in [2.05, 4.69) is 0 Å². The summed E-state index contributed by atoms with van der Waals surface area (Å²) in [6, 6.07) is 0. The second-order valence-electron chi connectivity index (χ2n) is 1.56. The summed E-state index contributed by atoms with van der Waals surface area (Å²) in [5, 5.41) is 22.2. The van der Waals surface area contributed by atoms with Crippen LogP contribution in [0.25, 0.3) is 0 Å². The third-order valence-electron chi connectivity index (χ3n) is 0. The summed E-state index contributed by atoms with van der Waals surface area (Å²) in [6.07, 6.45) is 0. The fourth-order valence-corrected chi connectivity index (χ4v) is 0. The second-order valence-corrected chi connectivity index (χ2v) is 1.56. The molecule has 0 aromatic carbocycles.